The zero-order valence-corrected chi connectivity index (χ0v) is 16.1. The monoisotopic (exact) mass is 394 g/mol. The highest BCUT2D eigenvalue weighted by atomic mass is 32.2. The van der Waals surface area contributed by atoms with Gasteiger partial charge in [-0.05, 0) is 6.07 Å². The highest BCUT2D eigenvalue weighted by Crippen LogP contribution is 2.41. The van der Waals surface area contributed by atoms with Gasteiger partial charge in [0.1, 0.15) is 5.82 Å². The molecule has 0 bridgehead atoms. The van der Waals surface area contributed by atoms with Crippen LogP contribution in [0.15, 0.2) is 24.3 Å². The number of benzene rings is 1. The molecule has 27 heavy (non-hydrogen) atoms. The van der Waals surface area contributed by atoms with Crippen LogP contribution in [0.3, 0.4) is 0 Å². The number of imide groups is 1. The van der Waals surface area contributed by atoms with E-state index in [1.807, 2.05) is 0 Å². The minimum atomic E-state index is -1.49. The fourth-order valence-corrected chi connectivity index (χ4v) is 4.59. The number of carbonyl (C=O) groups is 3. The molecule has 0 aliphatic carbocycles. The molecule has 1 aromatic rings. The zero-order valence-electron chi connectivity index (χ0n) is 15.3. The van der Waals surface area contributed by atoms with Gasteiger partial charge in [0.05, 0.1) is 18.6 Å². The Kier molecular flexibility index (Phi) is 6.16. The molecule has 2 fully saturated rings. The number of ether oxygens (including phenoxy) is 1. The fraction of sp³-hybridized carbons (Fsp3) is 0.526. The molecule has 0 spiro atoms. The number of methoxy groups -OCH3 is 1. The molecule has 1 aromatic carbocycles. The molecule has 3 rings (SSSR count). The molecular formula is C19H23FN2O4S. The Labute approximate surface area is 162 Å². The number of halogens is 1. The van der Waals surface area contributed by atoms with Crippen LogP contribution in [0.1, 0.15) is 18.4 Å². The van der Waals surface area contributed by atoms with Gasteiger partial charge in [-0.2, -0.15) is 11.8 Å². The number of hydrogen-bond donors (Lipinski definition) is 0. The second-order valence-corrected chi connectivity index (χ2v) is 7.98. The van der Waals surface area contributed by atoms with Crippen molar-refractivity contribution in [2.24, 2.45) is 0 Å². The van der Waals surface area contributed by atoms with Crippen LogP contribution in [0.5, 0.6) is 0 Å². The quantitative estimate of drug-likeness (QED) is 0.683. The van der Waals surface area contributed by atoms with Gasteiger partial charge in [0, 0.05) is 50.1 Å². The van der Waals surface area contributed by atoms with Crippen LogP contribution in [0.25, 0.3) is 0 Å². The summed E-state index contributed by atoms with van der Waals surface area (Å²) in [5.41, 5.74) is -1.37. The molecule has 2 aliphatic heterocycles. The molecule has 2 heterocycles. The molecule has 2 aliphatic rings. The lowest BCUT2D eigenvalue weighted by atomic mass is 9.75. The van der Waals surface area contributed by atoms with Crippen molar-refractivity contribution in [3.63, 3.8) is 0 Å². The van der Waals surface area contributed by atoms with E-state index in [2.05, 4.69) is 0 Å². The van der Waals surface area contributed by atoms with E-state index in [9.17, 15) is 18.8 Å². The van der Waals surface area contributed by atoms with E-state index in [1.54, 1.807) is 22.7 Å². The van der Waals surface area contributed by atoms with Crippen molar-refractivity contribution < 1.29 is 23.5 Å². The number of likely N-dealkylation sites (tertiary alicyclic amines) is 1. The van der Waals surface area contributed by atoms with Gasteiger partial charge in [-0.15, -0.1) is 0 Å². The predicted octanol–water partition coefficient (Wildman–Crippen LogP) is 1.43. The summed E-state index contributed by atoms with van der Waals surface area (Å²) in [4.78, 5) is 41.5. The molecule has 3 amide bonds. The van der Waals surface area contributed by atoms with Crippen LogP contribution in [-0.4, -0.2) is 72.4 Å². The number of thioether (sulfide) groups is 1. The van der Waals surface area contributed by atoms with E-state index >= 15 is 0 Å². The lowest BCUT2D eigenvalue weighted by Crippen LogP contribution is -2.46. The first kappa shape index (κ1) is 19.8. The van der Waals surface area contributed by atoms with Crippen LogP contribution >= 0.6 is 11.8 Å². The maximum atomic E-state index is 14.6. The van der Waals surface area contributed by atoms with E-state index in [-0.39, 0.29) is 37.5 Å². The van der Waals surface area contributed by atoms with Gasteiger partial charge in [0.2, 0.25) is 17.7 Å². The number of carbonyl (C=O) groups excluding carboxylic acids is 3. The molecule has 6 nitrogen and oxygen atoms in total. The second-order valence-electron chi connectivity index (χ2n) is 6.75. The van der Waals surface area contributed by atoms with Crippen molar-refractivity contribution in [2.75, 3.05) is 44.9 Å². The third-order valence-electron chi connectivity index (χ3n) is 5.13. The predicted molar refractivity (Wildman–Crippen MR) is 99.8 cm³/mol. The van der Waals surface area contributed by atoms with Gasteiger partial charge in [0.25, 0.3) is 0 Å². The van der Waals surface area contributed by atoms with Crippen molar-refractivity contribution in [1.82, 2.24) is 9.80 Å². The summed E-state index contributed by atoms with van der Waals surface area (Å²) in [5.74, 6) is -0.0319. The second kappa shape index (κ2) is 8.39. The minimum Gasteiger partial charge on any atom is -0.383 e. The Morgan fingerprint density at radius 3 is 2.63 bits per heavy atom. The van der Waals surface area contributed by atoms with E-state index in [1.165, 1.54) is 25.3 Å². The van der Waals surface area contributed by atoms with Crippen LogP contribution in [-0.2, 0) is 24.5 Å². The van der Waals surface area contributed by atoms with E-state index in [0.717, 1.165) is 16.4 Å². The molecule has 146 valence electrons. The summed E-state index contributed by atoms with van der Waals surface area (Å²) in [5, 5.41) is 0. The van der Waals surface area contributed by atoms with Crippen molar-refractivity contribution in [1.29, 1.82) is 0 Å². The standard InChI is InChI=1S/C19H23FN2O4S/c1-26-9-6-22-17(24)13-19(18(22)25,14-4-2-3-5-15(14)20)12-16(23)21-7-10-27-11-8-21/h2-5H,6-13H2,1H3. The molecule has 8 heteroatoms. The molecular weight excluding hydrogens is 371 g/mol. The molecule has 2 saturated heterocycles. The van der Waals surface area contributed by atoms with Gasteiger partial charge in [-0.1, -0.05) is 18.2 Å². The van der Waals surface area contributed by atoms with Crippen LogP contribution in [0.4, 0.5) is 4.39 Å². The van der Waals surface area contributed by atoms with Gasteiger partial charge >= 0.3 is 0 Å². The molecule has 1 atom stereocenters. The molecule has 0 aromatic heterocycles. The molecule has 0 radical (unpaired) electrons. The summed E-state index contributed by atoms with van der Waals surface area (Å²) in [6.07, 6.45) is -0.405. The number of rotatable bonds is 6. The highest BCUT2D eigenvalue weighted by molar-refractivity contribution is 7.99. The maximum absolute atomic E-state index is 14.6. The van der Waals surface area contributed by atoms with E-state index < -0.39 is 23.0 Å². The number of amides is 3. The van der Waals surface area contributed by atoms with Crippen molar-refractivity contribution in [3.05, 3.63) is 35.6 Å². The van der Waals surface area contributed by atoms with Crippen molar-refractivity contribution in [3.8, 4) is 0 Å². The lowest BCUT2D eigenvalue weighted by molar-refractivity contribution is -0.143. The summed E-state index contributed by atoms with van der Waals surface area (Å²) >= 11 is 1.77. The van der Waals surface area contributed by atoms with Crippen LogP contribution in [0, 0.1) is 5.82 Å². The van der Waals surface area contributed by atoms with E-state index in [4.69, 9.17) is 4.74 Å². The Hall–Kier alpha value is -1.93. The van der Waals surface area contributed by atoms with Crippen molar-refractivity contribution in [2.45, 2.75) is 18.3 Å². The summed E-state index contributed by atoms with van der Waals surface area (Å²) < 4.78 is 19.6. The molecule has 1 unspecified atom stereocenters. The normalized spacial score (nSPS) is 23.2. The Morgan fingerprint density at radius 1 is 1.26 bits per heavy atom. The van der Waals surface area contributed by atoms with Gasteiger partial charge < -0.3 is 9.64 Å². The Balaban J connectivity index is 1.95. The smallest absolute Gasteiger partial charge is 0.241 e. The summed E-state index contributed by atoms with van der Waals surface area (Å²) in [6.45, 7) is 1.50. The first-order valence-corrected chi connectivity index (χ1v) is 10.1. The first-order chi connectivity index (χ1) is 13.0. The zero-order chi connectivity index (χ0) is 19.4. The Morgan fingerprint density at radius 2 is 1.96 bits per heavy atom. The highest BCUT2D eigenvalue weighted by Gasteiger charge is 2.55. The molecule has 0 saturated carbocycles. The van der Waals surface area contributed by atoms with E-state index in [0.29, 0.717) is 13.1 Å². The maximum Gasteiger partial charge on any atom is 0.241 e. The SMILES string of the molecule is COCCN1C(=O)CC(CC(=O)N2CCSCC2)(c2ccccc2F)C1=O. The average Bonchev–Trinajstić information content (AvgIpc) is 2.91. The third kappa shape index (κ3) is 3.87. The Bertz CT molecular complexity index is 738. The third-order valence-corrected chi connectivity index (χ3v) is 6.08. The largest absolute Gasteiger partial charge is 0.383 e. The summed E-state index contributed by atoms with van der Waals surface area (Å²) in [6, 6.07) is 5.91. The van der Waals surface area contributed by atoms with Crippen LogP contribution in [0.2, 0.25) is 0 Å². The van der Waals surface area contributed by atoms with Crippen LogP contribution < -0.4 is 0 Å². The summed E-state index contributed by atoms with van der Waals surface area (Å²) in [7, 11) is 1.48. The van der Waals surface area contributed by atoms with Gasteiger partial charge in [-0.25, -0.2) is 4.39 Å². The van der Waals surface area contributed by atoms with Gasteiger partial charge in [-0.3, -0.25) is 19.3 Å². The number of nitrogens with zero attached hydrogens (tertiary/aromatic N) is 2. The fourth-order valence-electron chi connectivity index (χ4n) is 3.69. The van der Waals surface area contributed by atoms with Gasteiger partial charge in [0.15, 0.2) is 0 Å². The molecule has 0 N–H and O–H groups in total. The minimum absolute atomic E-state index is 0.0961. The first-order valence-electron chi connectivity index (χ1n) is 8.94. The topological polar surface area (TPSA) is 66.9 Å². The number of hydrogen-bond acceptors (Lipinski definition) is 5. The van der Waals surface area contributed by atoms with Crippen molar-refractivity contribution >= 4 is 29.5 Å². The average molecular weight is 394 g/mol. The lowest BCUT2D eigenvalue weighted by Gasteiger charge is -2.32.